The highest BCUT2D eigenvalue weighted by atomic mass is 15.0. The van der Waals surface area contributed by atoms with Crippen LogP contribution in [0, 0.1) is 6.92 Å². The van der Waals surface area contributed by atoms with Crippen molar-refractivity contribution in [1.29, 1.82) is 0 Å². The van der Waals surface area contributed by atoms with Gasteiger partial charge in [-0.3, -0.25) is 0 Å². The molecule has 0 atom stereocenters. The molecule has 0 saturated carbocycles. The normalized spacial score (nSPS) is 10.5. The predicted molar refractivity (Wildman–Crippen MR) is 80.4 cm³/mol. The maximum atomic E-state index is 4.64. The first-order valence-corrected chi connectivity index (χ1v) is 6.92. The van der Waals surface area contributed by atoms with E-state index in [1.54, 1.807) is 0 Å². The number of benzene rings is 1. The third-order valence-corrected chi connectivity index (χ3v) is 3.07. The fraction of sp³-hybridized carbons (Fsp3) is 0.375. The summed E-state index contributed by atoms with van der Waals surface area (Å²) >= 11 is 0. The Labute approximate surface area is 115 Å². The van der Waals surface area contributed by atoms with Crippen molar-refractivity contribution in [3.63, 3.8) is 0 Å². The Morgan fingerprint density at radius 2 is 1.89 bits per heavy atom. The van der Waals surface area contributed by atoms with Gasteiger partial charge in [0.25, 0.3) is 0 Å². The van der Waals surface area contributed by atoms with E-state index in [1.807, 2.05) is 6.07 Å². The van der Waals surface area contributed by atoms with Crippen LogP contribution in [-0.4, -0.2) is 16.5 Å². The van der Waals surface area contributed by atoms with Crippen LogP contribution in [-0.2, 0) is 6.42 Å². The third kappa shape index (κ3) is 3.31. The molecule has 1 aromatic heterocycles. The molecule has 0 aliphatic carbocycles. The van der Waals surface area contributed by atoms with E-state index in [4.69, 9.17) is 0 Å². The van der Waals surface area contributed by atoms with Crippen LogP contribution in [0.15, 0.2) is 30.3 Å². The van der Waals surface area contributed by atoms with Crippen molar-refractivity contribution >= 4 is 5.82 Å². The zero-order chi connectivity index (χ0) is 13.7. The molecule has 19 heavy (non-hydrogen) atoms. The standard InChI is InChI=1S/C16H21N3/c1-4-10-17-16-11-14(18-15(5-2)19-16)13-9-7-6-8-12(13)3/h6-9,11H,4-5,10H2,1-3H3,(H,17,18,19). The third-order valence-electron chi connectivity index (χ3n) is 3.07. The van der Waals surface area contributed by atoms with Crippen molar-refractivity contribution in [3.8, 4) is 11.3 Å². The largest absolute Gasteiger partial charge is 0.370 e. The fourth-order valence-corrected chi connectivity index (χ4v) is 2.00. The summed E-state index contributed by atoms with van der Waals surface area (Å²) in [5, 5.41) is 3.35. The van der Waals surface area contributed by atoms with Gasteiger partial charge in [-0.15, -0.1) is 0 Å². The van der Waals surface area contributed by atoms with Gasteiger partial charge in [0.05, 0.1) is 5.69 Å². The first-order chi connectivity index (χ1) is 9.24. The van der Waals surface area contributed by atoms with Crippen LogP contribution in [0.5, 0.6) is 0 Å². The summed E-state index contributed by atoms with van der Waals surface area (Å²) in [7, 11) is 0. The summed E-state index contributed by atoms with van der Waals surface area (Å²) in [5.74, 6) is 1.81. The van der Waals surface area contributed by atoms with Gasteiger partial charge in [-0.1, -0.05) is 38.1 Å². The quantitative estimate of drug-likeness (QED) is 0.882. The highest BCUT2D eigenvalue weighted by molar-refractivity contribution is 5.66. The summed E-state index contributed by atoms with van der Waals surface area (Å²) in [4.78, 5) is 9.16. The molecule has 1 aromatic carbocycles. The lowest BCUT2D eigenvalue weighted by atomic mass is 10.1. The number of hydrogen-bond donors (Lipinski definition) is 1. The SMILES string of the molecule is CCCNc1cc(-c2ccccc2C)nc(CC)n1. The Morgan fingerprint density at radius 3 is 2.58 bits per heavy atom. The van der Waals surface area contributed by atoms with Crippen LogP contribution in [0.1, 0.15) is 31.7 Å². The first kappa shape index (κ1) is 13.5. The van der Waals surface area contributed by atoms with Gasteiger partial charge in [0.2, 0.25) is 0 Å². The van der Waals surface area contributed by atoms with Crippen molar-refractivity contribution < 1.29 is 0 Å². The lowest BCUT2D eigenvalue weighted by Gasteiger charge is -2.10. The predicted octanol–water partition coefficient (Wildman–Crippen LogP) is 3.84. The second kappa shape index (κ2) is 6.32. The number of aromatic nitrogens is 2. The Bertz CT molecular complexity index is 549. The van der Waals surface area contributed by atoms with E-state index >= 15 is 0 Å². The van der Waals surface area contributed by atoms with Gasteiger partial charge in [0.1, 0.15) is 11.6 Å². The summed E-state index contributed by atoms with van der Waals surface area (Å²) in [6.07, 6.45) is 1.94. The van der Waals surface area contributed by atoms with Crippen LogP contribution >= 0.6 is 0 Å². The number of nitrogens with zero attached hydrogens (tertiary/aromatic N) is 2. The monoisotopic (exact) mass is 255 g/mol. The molecule has 3 heteroatoms. The Balaban J connectivity index is 2.42. The van der Waals surface area contributed by atoms with Gasteiger partial charge in [-0.05, 0) is 18.9 Å². The highest BCUT2D eigenvalue weighted by Crippen LogP contribution is 2.23. The second-order valence-corrected chi connectivity index (χ2v) is 4.65. The first-order valence-electron chi connectivity index (χ1n) is 6.92. The van der Waals surface area contributed by atoms with Gasteiger partial charge in [0.15, 0.2) is 0 Å². The van der Waals surface area contributed by atoms with Gasteiger partial charge in [0, 0.05) is 24.6 Å². The van der Waals surface area contributed by atoms with Gasteiger partial charge in [-0.25, -0.2) is 9.97 Å². The fourth-order valence-electron chi connectivity index (χ4n) is 2.00. The minimum absolute atomic E-state index is 0.848. The van der Waals surface area contributed by atoms with Crippen LogP contribution in [0.25, 0.3) is 11.3 Å². The van der Waals surface area contributed by atoms with E-state index < -0.39 is 0 Å². The number of anilines is 1. The van der Waals surface area contributed by atoms with E-state index in [0.717, 1.165) is 36.7 Å². The van der Waals surface area contributed by atoms with Crippen molar-refractivity contribution in [2.24, 2.45) is 0 Å². The number of aryl methyl sites for hydroxylation is 2. The molecule has 0 saturated heterocycles. The minimum Gasteiger partial charge on any atom is -0.370 e. The van der Waals surface area contributed by atoms with E-state index in [0.29, 0.717) is 0 Å². The average Bonchev–Trinajstić information content (AvgIpc) is 2.45. The lowest BCUT2D eigenvalue weighted by Crippen LogP contribution is -2.05. The van der Waals surface area contributed by atoms with Gasteiger partial charge < -0.3 is 5.32 Å². The maximum Gasteiger partial charge on any atom is 0.131 e. The zero-order valence-corrected chi connectivity index (χ0v) is 11.9. The Hall–Kier alpha value is -1.90. The zero-order valence-electron chi connectivity index (χ0n) is 11.9. The molecule has 2 rings (SSSR count). The Morgan fingerprint density at radius 1 is 1.11 bits per heavy atom. The maximum absolute atomic E-state index is 4.64. The van der Waals surface area contributed by atoms with Crippen LogP contribution < -0.4 is 5.32 Å². The second-order valence-electron chi connectivity index (χ2n) is 4.65. The molecule has 0 unspecified atom stereocenters. The molecule has 2 aromatic rings. The summed E-state index contributed by atoms with van der Waals surface area (Å²) in [6, 6.07) is 10.4. The van der Waals surface area contributed by atoms with Gasteiger partial charge >= 0.3 is 0 Å². The van der Waals surface area contributed by atoms with Gasteiger partial charge in [-0.2, -0.15) is 0 Å². The molecule has 0 amide bonds. The van der Waals surface area contributed by atoms with Crippen LogP contribution in [0.3, 0.4) is 0 Å². The van der Waals surface area contributed by atoms with Crippen LogP contribution in [0.4, 0.5) is 5.82 Å². The molecule has 0 radical (unpaired) electrons. The average molecular weight is 255 g/mol. The van der Waals surface area contributed by atoms with E-state index in [1.165, 1.54) is 11.1 Å². The molecule has 1 N–H and O–H groups in total. The summed E-state index contributed by atoms with van der Waals surface area (Å²) < 4.78 is 0. The van der Waals surface area contributed by atoms with Crippen molar-refractivity contribution in [3.05, 3.63) is 41.7 Å². The van der Waals surface area contributed by atoms with E-state index in [9.17, 15) is 0 Å². The van der Waals surface area contributed by atoms with E-state index in [2.05, 4.69) is 60.3 Å². The number of rotatable bonds is 5. The molecular formula is C16H21N3. The molecule has 0 fully saturated rings. The van der Waals surface area contributed by atoms with Crippen LogP contribution in [0.2, 0.25) is 0 Å². The molecule has 0 spiro atoms. The minimum atomic E-state index is 0.848. The number of hydrogen-bond acceptors (Lipinski definition) is 3. The van der Waals surface area contributed by atoms with E-state index in [-0.39, 0.29) is 0 Å². The smallest absolute Gasteiger partial charge is 0.131 e. The Kier molecular flexibility index (Phi) is 4.50. The topological polar surface area (TPSA) is 37.8 Å². The highest BCUT2D eigenvalue weighted by Gasteiger charge is 2.07. The summed E-state index contributed by atoms with van der Waals surface area (Å²) in [5.41, 5.74) is 3.42. The molecule has 0 bridgehead atoms. The molecular weight excluding hydrogens is 234 g/mol. The van der Waals surface area contributed by atoms with Crippen molar-refractivity contribution in [2.75, 3.05) is 11.9 Å². The lowest BCUT2D eigenvalue weighted by molar-refractivity contribution is 0.919. The molecule has 3 nitrogen and oxygen atoms in total. The number of nitrogens with one attached hydrogen (secondary N) is 1. The molecule has 0 aliphatic heterocycles. The van der Waals surface area contributed by atoms with Crippen molar-refractivity contribution in [2.45, 2.75) is 33.6 Å². The molecule has 0 aliphatic rings. The molecule has 1 heterocycles. The summed E-state index contributed by atoms with van der Waals surface area (Å²) in [6.45, 7) is 7.29. The van der Waals surface area contributed by atoms with Crippen molar-refractivity contribution in [1.82, 2.24) is 9.97 Å². The molecule has 100 valence electrons.